The van der Waals surface area contributed by atoms with Crippen LogP contribution >= 0.6 is 0 Å². The standard InChI is InChI=1S/C26H29NO2/c1-29-24-16-14-20(15-17-24)18-27(26(28)22-9-3-2-4-10-22)19-23-12-7-11-21-8-5-6-13-25(21)23/h5-8,11-17,22H,2-4,9-10,18-19H2,1H3. The molecule has 1 aliphatic rings. The van der Waals surface area contributed by atoms with E-state index in [-0.39, 0.29) is 5.92 Å². The van der Waals surface area contributed by atoms with Crippen molar-refractivity contribution < 1.29 is 9.53 Å². The predicted octanol–water partition coefficient (Wildman–Crippen LogP) is 5.96. The quantitative estimate of drug-likeness (QED) is 0.522. The van der Waals surface area contributed by atoms with E-state index in [2.05, 4.69) is 59.5 Å². The highest BCUT2D eigenvalue weighted by Crippen LogP contribution is 2.28. The number of hydrogen-bond acceptors (Lipinski definition) is 2. The van der Waals surface area contributed by atoms with E-state index in [1.807, 2.05) is 12.1 Å². The molecule has 0 heterocycles. The van der Waals surface area contributed by atoms with Crippen LogP contribution in [0.5, 0.6) is 5.75 Å². The SMILES string of the molecule is COc1ccc(CN(Cc2cccc3ccccc23)C(=O)C2CCCCC2)cc1. The van der Waals surface area contributed by atoms with Crippen LogP contribution in [0.25, 0.3) is 10.8 Å². The Hall–Kier alpha value is -2.81. The minimum Gasteiger partial charge on any atom is -0.497 e. The van der Waals surface area contributed by atoms with Crippen molar-refractivity contribution >= 4 is 16.7 Å². The van der Waals surface area contributed by atoms with Crippen LogP contribution in [-0.2, 0) is 17.9 Å². The molecular formula is C26H29NO2. The van der Waals surface area contributed by atoms with Crippen molar-refractivity contribution in [2.24, 2.45) is 5.92 Å². The lowest BCUT2D eigenvalue weighted by molar-refractivity contribution is -0.137. The van der Waals surface area contributed by atoms with E-state index in [1.165, 1.54) is 35.6 Å². The molecule has 0 N–H and O–H groups in total. The van der Waals surface area contributed by atoms with Gasteiger partial charge in [0.2, 0.25) is 5.91 Å². The molecular weight excluding hydrogens is 358 g/mol. The zero-order valence-electron chi connectivity index (χ0n) is 17.1. The highest BCUT2D eigenvalue weighted by atomic mass is 16.5. The Bertz CT molecular complexity index is 953. The fourth-order valence-electron chi connectivity index (χ4n) is 4.41. The molecule has 1 fully saturated rings. The van der Waals surface area contributed by atoms with Gasteiger partial charge in [-0.25, -0.2) is 0 Å². The zero-order chi connectivity index (χ0) is 20.1. The van der Waals surface area contributed by atoms with E-state index in [0.717, 1.165) is 24.2 Å². The van der Waals surface area contributed by atoms with Crippen molar-refractivity contribution in [3.63, 3.8) is 0 Å². The van der Waals surface area contributed by atoms with Gasteiger partial charge in [0.05, 0.1) is 7.11 Å². The monoisotopic (exact) mass is 387 g/mol. The smallest absolute Gasteiger partial charge is 0.226 e. The Morgan fingerprint density at radius 1 is 0.897 bits per heavy atom. The molecule has 0 spiro atoms. The van der Waals surface area contributed by atoms with E-state index in [1.54, 1.807) is 7.11 Å². The number of amides is 1. The van der Waals surface area contributed by atoms with Crippen molar-refractivity contribution in [1.29, 1.82) is 0 Å². The van der Waals surface area contributed by atoms with Gasteiger partial charge in [-0.3, -0.25) is 4.79 Å². The third kappa shape index (κ3) is 4.61. The number of benzene rings is 3. The second-order valence-electron chi connectivity index (χ2n) is 8.02. The van der Waals surface area contributed by atoms with Gasteiger partial charge in [0.25, 0.3) is 0 Å². The molecule has 0 atom stereocenters. The molecule has 4 rings (SSSR count). The summed E-state index contributed by atoms with van der Waals surface area (Å²) in [4.78, 5) is 15.5. The van der Waals surface area contributed by atoms with Crippen molar-refractivity contribution in [2.75, 3.05) is 7.11 Å². The predicted molar refractivity (Wildman–Crippen MR) is 118 cm³/mol. The molecule has 0 radical (unpaired) electrons. The molecule has 1 saturated carbocycles. The molecule has 0 bridgehead atoms. The van der Waals surface area contributed by atoms with E-state index in [4.69, 9.17) is 4.74 Å². The summed E-state index contributed by atoms with van der Waals surface area (Å²) in [7, 11) is 1.68. The van der Waals surface area contributed by atoms with Gasteiger partial charge in [-0.15, -0.1) is 0 Å². The van der Waals surface area contributed by atoms with Crippen LogP contribution in [0, 0.1) is 5.92 Å². The maximum absolute atomic E-state index is 13.5. The van der Waals surface area contributed by atoms with Gasteiger partial charge in [0.15, 0.2) is 0 Å². The molecule has 3 aromatic rings. The van der Waals surface area contributed by atoms with Gasteiger partial charge < -0.3 is 9.64 Å². The first-order chi connectivity index (χ1) is 14.2. The Morgan fingerprint density at radius 2 is 1.62 bits per heavy atom. The van der Waals surface area contributed by atoms with Gasteiger partial charge in [0, 0.05) is 19.0 Å². The second kappa shape index (κ2) is 9.13. The summed E-state index contributed by atoms with van der Waals surface area (Å²) in [6.07, 6.45) is 5.63. The van der Waals surface area contributed by atoms with Gasteiger partial charge in [-0.1, -0.05) is 73.9 Å². The summed E-state index contributed by atoms with van der Waals surface area (Å²) in [5, 5.41) is 2.45. The van der Waals surface area contributed by atoms with Crippen LogP contribution in [0.4, 0.5) is 0 Å². The summed E-state index contributed by atoms with van der Waals surface area (Å²) in [5.41, 5.74) is 2.34. The normalized spacial score (nSPS) is 14.7. The summed E-state index contributed by atoms with van der Waals surface area (Å²) in [5.74, 6) is 1.30. The Labute approximate surface area is 173 Å². The fourth-order valence-corrected chi connectivity index (χ4v) is 4.41. The topological polar surface area (TPSA) is 29.5 Å². The molecule has 0 unspecified atom stereocenters. The average Bonchev–Trinajstić information content (AvgIpc) is 2.79. The Morgan fingerprint density at radius 3 is 2.38 bits per heavy atom. The van der Waals surface area contributed by atoms with E-state index >= 15 is 0 Å². The van der Waals surface area contributed by atoms with Crippen LogP contribution in [0.1, 0.15) is 43.2 Å². The van der Waals surface area contributed by atoms with Gasteiger partial charge in [0.1, 0.15) is 5.75 Å². The number of carbonyl (C=O) groups excluding carboxylic acids is 1. The van der Waals surface area contributed by atoms with Crippen LogP contribution < -0.4 is 4.74 Å². The van der Waals surface area contributed by atoms with Crippen molar-refractivity contribution in [3.05, 3.63) is 77.9 Å². The number of methoxy groups -OCH3 is 1. The fraction of sp³-hybridized carbons (Fsp3) is 0.346. The summed E-state index contributed by atoms with van der Waals surface area (Å²) in [6.45, 7) is 1.27. The Kier molecular flexibility index (Phi) is 6.14. The molecule has 3 aromatic carbocycles. The third-order valence-electron chi connectivity index (χ3n) is 6.04. The largest absolute Gasteiger partial charge is 0.497 e. The van der Waals surface area contributed by atoms with Crippen LogP contribution in [0.2, 0.25) is 0 Å². The maximum Gasteiger partial charge on any atom is 0.226 e. The lowest BCUT2D eigenvalue weighted by Gasteiger charge is -2.30. The number of carbonyl (C=O) groups is 1. The summed E-state index contributed by atoms with van der Waals surface area (Å²) < 4.78 is 5.28. The maximum atomic E-state index is 13.5. The first-order valence-corrected chi connectivity index (χ1v) is 10.6. The van der Waals surface area contributed by atoms with Crippen LogP contribution in [0.3, 0.4) is 0 Å². The first-order valence-electron chi connectivity index (χ1n) is 10.6. The minimum atomic E-state index is 0.164. The third-order valence-corrected chi connectivity index (χ3v) is 6.04. The average molecular weight is 388 g/mol. The van der Waals surface area contributed by atoms with Gasteiger partial charge in [-0.2, -0.15) is 0 Å². The summed E-state index contributed by atoms with van der Waals surface area (Å²) >= 11 is 0. The lowest BCUT2D eigenvalue weighted by Crippen LogP contribution is -2.36. The second-order valence-corrected chi connectivity index (χ2v) is 8.02. The van der Waals surface area contributed by atoms with Crippen molar-refractivity contribution in [1.82, 2.24) is 4.90 Å². The molecule has 0 saturated heterocycles. The van der Waals surface area contributed by atoms with Crippen molar-refractivity contribution in [2.45, 2.75) is 45.2 Å². The zero-order valence-corrected chi connectivity index (χ0v) is 17.1. The molecule has 1 aliphatic carbocycles. The number of nitrogens with zero attached hydrogens (tertiary/aromatic N) is 1. The molecule has 150 valence electrons. The number of fused-ring (bicyclic) bond motifs is 1. The van der Waals surface area contributed by atoms with E-state index in [0.29, 0.717) is 19.0 Å². The van der Waals surface area contributed by atoms with Crippen LogP contribution in [0.15, 0.2) is 66.7 Å². The molecule has 0 aliphatic heterocycles. The van der Waals surface area contributed by atoms with Gasteiger partial charge >= 0.3 is 0 Å². The molecule has 3 heteroatoms. The molecule has 29 heavy (non-hydrogen) atoms. The minimum absolute atomic E-state index is 0.164. The van der Waals surface area contributed by atoms with Crippen molar-refractivity contribution in [3.8, 4) is 5.75 Å². The highest BCUT2D eigenvalue weighted by Gasteiger charge is 2.26. The van der Waals surface area contributed by atoms with E-state index < -0.39 is 0 Å². The number of rotatable bonds is 6. The molecule has 0 aromatic heterocycles. The molecule has 1 amide bonds. The highest BCUT2D eigenvalue weighted by molar-refractivity contribution is 5.86. The lowest BCUT2D eigenvalue weighted by atomic mass is 9.88. The Balaban J connectivity index is 1.62. The first kappa shape index (κ1) is 19.5. The molecule has 3 nitrogen and oxygen atoms in total. The number of hydrogen-bond donors (Lipinski definition) is 0. The number of ether oxygens (including phenoxy) is 1. The van der Waals surface area contributed by atoms with Gasteiger partial charge in [-0.05, 0) is 46.9 Å². The van der Waals surface area contributed by atoms with E-state index in [9.17, 15) is 4.79 Å². The summed E-state index contributed by atoms with van der Waals surface area (Å²) in [6, 6.07) is 22.9. The van der Waals surface area contributed by atoms with Crippen LogP contribution in [-0.4, -0.2) is 17.9 Å².